The molecule has 17 heavy (non-hydrogen) atoms. The first-order chi connectivity index (χ1) is 8.04. The lowest BCUT2D eigenvalue weighted by molar-refractivity contribution is -0.141. The summed E-state index contributed by atoms with van der Waals surface area (Å²) in [5.74, 6) is 0.193. The van der Waals surface area contributed by atoms with Crippen molar-refractivity contribution in [3.63, 3.8) is 0 Å². The zero-order chi connectivity index (χ0) is 12.5. The predicted molar refractivity (Wildman–Crippen MR) is 66.5 cm³/mol. The Labute approximate surface area is 103 Å². The van der Waals surface area contributed by atoms with E-state index in [4.69, 9.17) is 10.5 Å². The highest BCUT2D eigenvalue weighted by molar-refractivity contribution is 5.83. The van der Waals surface area contributed by atoms with Crippen molar-refractivity contribution in [2.45, 2.75) is 51.2 Å². The van der Waals surface area contributed by atoms with Gasteiger partial charge in [-0.05, 0) is 32.6 Å². The number of carbonyl (C=O) groups is 1. The second-order valence-corrected chi connectivity index (χ2v) is 5.74. The summed E-state index contributed by atoms with van der Waals surface area (Å²) in [7, 11) is 1.88. The summed E-state index contributed by atoms with van der Waals surface area (Å²) in [6.07, 6.45) is 5.37. The molecule has 1 saturated heterocycles. The number of carbonyl (C=O) groups excluding carboxylic acids is 1. The van der Waals surface area contributed by atoms with Gasteiger partial charge in [-0.3, -0.25) is 4.79 Å². The monoisotopic (exact) mass is 240 g/mol. The van der Waals surface area contributed by atoms with E-state index in [0.29, 0.717) is 6.54 Å². The van der Waals surface area contributed by atoms with Gasteiger partial charge in [0.15, 0.2) is 0 Å². The van der Waals surface area contributed by atoms with Crippen molar-refractivity contribution < 1.29 is 9.53 Å². The first kappa shape index (κ1) is 12.8. The molecule has 2 N–H and O–H groups in total. The third-order valence-corrected chi connectivity index (χ3v) is 4.37. The number of ether oxygens (including phenoxy) is 1. The van der Waals surface area contributed by atoms with Crippen LogP contribution in [-0.2, 0) is 9.53 Å². The average molecular weight is 240 g/mol. The normalized spacial score (nSPS) is 37.4. The van der Waals surface area contributed by atoms with Crippen LogP contribution in [0.15, 0.2) is 0 Å². The minimum absolute atomic E-state index is 0.0157. The molecule has 3 unspecified atom stereocenters. The number of likely N-dealkylation sites (N-methyl/N-ethyl adjacent to an activating group) is 1. The molecule has 0 aromatic heterocycles. The maximum atomic E-state index is 12.5. The van der Waals surface area contributed by atoms with Gasteiger partial charge in [0.05, 0.1) is 11.5 Å². The molecule has 98 valence electrons. The van der Waals surface area contributed by atoms with Crippen molar-refractivity contribution in [3.8, 4) is 0 Å². The van der Waals surface area contributed by atoms with Gasteiger partial charge in [0.25, 0.3) is 0 Å². The second kappa shape index (κ2) is 4.94. The van der Waals surface area contributed by atoms with Gasteiger partial charge in [-0.1, -0.05) is 6.42 Å². The summed E-state index contributed by atoms with van der Waals surface area (Å²) in [5, 5.41) is 0. The first-order valence-corrected chi connectivity index (χ1v) is 6.67. The molecule has 2 rings (SSSR count). The largest absolute Gasteiger partial charge is 0.376 e. The highest BCUT2D eigenvalue weighted by Gasteiger charge is 2.44. The number of nitrogens with two attached hydrogens (primary N) is 1. The Kier molecular flexibility index (Phi) is 3.73. The molecule has 2 aliphatic rings. The van der Waals surface area contributed by atoms with Gasteiger partial charge in [-0.2, -0.15) is 0 Å². The van der Waals surface area contributed by atoms with Crippen LogP contribution < -0.4 is 5.73 Å². The zero-order valence-corrected chi connectivity index (χ0v) is 10.9. The van der Waals surface area contributed by atoms with Gasteiger partial charge < -0.3 is 15.4 Å². The Bertz CT molecular complexity index is 289. The van der Waals surface area contributed by atoms with E-state index in [1.165, 1.54) is 0 Å². The Morgan fingerprint density at radius 1 is 1.47 bits per heavy atom. The Balaban J connectivity index is 1.94. The molecule has 0 aromatic carbocycles. The third kappa shape index (κ3) is 2.47. The number of nitrogens with zero attached hydrogens (tertiary/aromatic N) is 1. The van der Waals surface area contributed by atoms with Crippen molar-refractivity contribution in [1.29, 1.82) is 0 Å². The molecule has 3 atom stereocenters. The fourth-order valence-electron chi connectivity index (χ4n) is 3.07. The molecule has 0 spiro atoms. The minimum Gasteiger partial charge on any atom is -0.376 e. The maximum Gasteiger partial charge on any atom is 0.229 e. The van der Waals surface area contributed by atoms with E-state index in [0.717, 1.165) is 38.7 Å². The molecule has 2 fully saturated rings. The fraction of sp³-hybridized carbons (Fsp3) is 0.923. The third-order valence-electron chi connectivity index (χ3n) is 4.37. The molecule has 4 heteroatoms. The molecule has 1 heterocycles. The van der Waals surface area contributed by atoms with Gasteiger partial charge in [0.1, 0.15) is 0 Å². The number of rotatable bonds is 3. The van der Waals surface area contributed by atoms with Gasteiger partial charge in [0.2, 0.25) is 5.91 Å². The lowest BCUT2D eigenvalue weighted by Gasteiger charge is -2.33. The van der Waals surface area contributed by atoms with Crippen molar-refractivity contribution >= 4 is 5.91 Å². The van der Waals surface area contributed by atoms with E-state index in [1.807, 2.05) is 18.9 Å². The van der Waals surface area contributed by atoms with Crippen LogP contribution in [0, 0.1) is 5.41 Å². The van der Waals surface area contributed by atoms with Gasteiger partial charge >= 0.3 is 0 Å². The molecule has 1 amide bonds. The zero-order valence-electron chi connectivity index (χ0n) is 10.9. The van der Waals surface area contributed by atoms with E-state index >= 15 is 0 Å². The minimum atomic E-state index is -0.354. The molecule has 0 aromatic rings. The molecule has 0 bridgehead atoms. The lowest BCUT2D eigenvalue weighted by atomic mass is 9.83. The summed E-state index contributed by atoms with van der Waals surface area (Å²) in [5.41, 5.74) is 5.73. The van der Waals surface area contributed by atoms with Crippen LogP contribution in [0.25, 0.3) is 0 Å². The van der Waals surface area contributed by atoms with Crippen LogP contribution in [-0.4, -0.2) is 43.2 Å². The first-order valence-electron chi connectivity index (χ1n) is 6.67. The van der Waals surface area contributed by atoms with Crippen molar-refractivity contribution in [2.75, 3.05) is 20.2 Å². The van der Waals surface area contributed by atoms with Crippen LogP contribution in [0.3, 0.4) is 0 Å². The van der Waals surface area contributed by atoms with Crippen LogP contribution in [0.1, 0.15) is 39.0 Å². The van der Waals surface area contributed by atoms with Crippen molar-refractivity contribution in [1.82, 2.24) is 4.90 Å². The van der Waals surface area contributed by atoms with E-state index < -0.39 is 0 Å². The van der Waals surface area contributed by atoms with Crippen molar-refractivity contribution in [2.24, 2.45) is 11.1 Å². The molecule has 0 radical (unpaired) electrons. The average Bonchev–Trinajstić information content (AvgIpc) is 2.90. The van der Waals surface area contributed by atoms with Crippen LogP contribution >= 0.6 is 0 Å². The molecule has 4 nitrogen and oxygen atoms in total. The summed E-state index contributed by atoms with van der Waals surface area (Å²) in [6, 6.07) is 0.0157. The number of amides is 1. The van der Waals surface area contributed by atoms with Crippen LogP contribution in [0.4, 0.5) is 0 Å². The number of hydrogen-bond donors (Lipinski definition) is 1. The SMILES string of the molecule is CN(CC1CCCO1)C(=O)C1(C)CCCC1N. The van der Waals surface area contributed by atoms with Gasteiger partial charge in [0, 0.05) is 26.2 Å². The second-order valence-electron chi connectivity index (χ2n) is 5.74. The summed E-state index contributed by atoms with van der Waals surface area (Å²) in [4.78, 5) is 14.3. The van der Waals surface area contributed by atoms with Crippen molar-refractivity contribution in [3.05, 3.63) is 0 Å². The smallest absolute Gasteiger partial charge is 0.229 e. The molecular formula is C13H24N2O2. The molecule has 1 aliphatic heterocycles. The molecular weight excluding hydrogens is 216 g/mol. The fourth-order valence-corrected chi connectivity index (χ4v) is 3.07. The van der Waals surface area contributed by atoms with Gasteiger partial charge in [-0.15, -0.1) is 0 Å². The van der Waals surface area contributed by atoms with E-state index in [9.17, 15) is 4.79 Å². The van der Waals surface area contributed by atoms with E-state index in [-0.39, 0.29) is 23.5 Å². The maximum absolute atomic E-state index is 12.5. The summed E-state index contributed by atoms with van der Waals surface area (Å²) >= 11 is 0. The van der Waals surface area contributed by atoms with Crippen LogP contribution in [0.5, 0.6) is 0 Å². The predicted octanol–water partition coefficient (Wildman–Crippen LogP) is 1.14. The lowest BCUT2D eigenvalue weighted by Crippen LogP contribution is -2.49. The summed E-state index contributed by atoms with van der Waals surface area (Å²) < 4.78 is 5.57. The highest BCUT2D eigenvalue weighted by atomic mass is 16.5. The topological polar surface area (TPSA) is 55.6 Å². The quantitative estimate of drug-likeness (QED) is 0.805. The molecule has 1 saturated carbocycles. The van der Waals surface area contributed by atoms with Gasteiger partial charge in [-0.25, -0.2) is 0 Å². The highest BCUT2D eigenvalue weighted by Crippen LogP contribution is 2.38. The summed E-state index contributed by atoms with van der Waals surface area (Å²) in [6.45, 7) is 3.56. The standard InChI is InChI=1S/C13H24N2O2/c1-13(7-3-6-11(13)14)12(16)15(2)9-10-5-4-8-17-10/h10-11H,3-9,14H2,1-2H3. The number of hydrogen-bond acceptors (Lipinski definition) is 3. The van der Waals surface area contributed by atoms with E-state index in [1.54, 1.807) is 0 Å². The molecule has 1 aliphatic carbocycles. The Hall–Kier alpha value is -0.610. The Morgan fingerprint density at radius 2 is 2.24 bits per heavy atom. The van der Waals surface area contributed by atoms with Crippen LogP contribution in [0.2, 0.25) is 0 Å². The Morgan fingerprint density at radius 3 is 2.76 bits per heavy atom. The van der Waals surface area contributed by atoms with E-state index in [2.05, 4.69) is 0 Å².